The van der Waals surface area contributed by atoms with Crippen LogP contribution in [0.15, 0.2) is 23.8 Å². The fraction of sp³-hybridized carbons (Fsp3) is 0.786. The van der Waals surface area contributed by atoms with E-state index in [9.17, 15) is 14.7 Å². The molecule has 2 rings (SSSR count). The number of hydrogen-bond acceptors (Lipinski definition) is 3. The molecule has 6 unspecified atom stereocenters. The van der Waals surface area contributed by atoms with Gasteiger partial charge < -0.3 is 10.2 Å². The van der Waals surface area contributed by atoms with Crippen LogP contribution >= 0.6 is 0 Å². The van der Waals surface area contributed by atoms with Crippen LogP contribution in [0.2, 0.25) is 0 Å². The van der Waals surface area contributed by atoms with E-state index in [0.29, 0.717) is 6.42 Å². The Hall–Kier alpha value is -1.42. The summed E-state index contributed by atoms with van der Waals surface area (Å²) >= 11 is 0. The number of rotatable bonds is 9. The van der Waals surface area contributed by atoms with Gasteiger partial charge in [-0.2, -0.15) is 0 Å². The Labute approximate surface area is 197 Å². The molecular formula is C28H50O4. The number of allylic oxidation sites excluding steroid dienone is 4. The Morgan fingerprint density at radius 2 is 1.72 bits per heavy atom. The molecule has 0 spiro atoms. The molecule has 0 aromatic carbocycles. The van der Waals surface area contributed by atoms with Gasteiger partial charge in [0.25, 0.3) is 0 Å². The molecule has 0 fully saturated rings. The lowest BCUT2D eigenvalue weighted by Gasteiger charge is -2.36. The smallest absolute Gasteiger partial charge is 0.306 e. The number of carboxylic acid groups (broad SMARTS) is 1. The lowest BCUT2D eigenvalue weighted by atomic mass is 9.69. The van der Waals surface area contributed by atoms with E-state index in [2.05, 4.69) is 32.1 Å². The lowest BCUT2D eigenvalue weighted by Crippen LogP contribution is -2.26. The van der Waals surface area contributed by atoms with Crippen LogP contribution in [-0.4, -0.2) is 28.1 Å². The van der Waals surface area contributed by atoms with Gasteiger partial charge in [-0.05, 0) is 61.9 Å². The van der Waals surface area contributed by atoms with Crippen molar-refractivity contribution in [2.75, 3.05) is 0 Å². The van der Waals surface area contributed by atoms with Gasteiger partial charge in [-0.25, -0.2) is 0 Å². The fourth-order valence-electron chi connectivity index (χ4n) is 4.28. The van der Waals surface area contributed by atoms with Crippen LogP contribution in [0.1, 0.15) is 106 Å². The summed E-state index contributed by atoms with van der Waals surface area (Å²) in [6.07, 6.45) is 15.9. The van der Waals surface area contributed by atoms with Gasteiger partial charge in [0, 0.05) is 12.3 Å². The molecule has 2 aliphatic carbocycles. The summed E-state index contributed by atoms with van der Waals surface area (Å²) < 4.78 is 0. The predicted octanol–water partition coefficient (Wildman–Crippen LogP) is 7.21. The molecule has 0 aromatic heterocycles. The SMILES string of the molecule is CCC(C)C(=O)O.CCC1C(C)C=CC2=CCCCC21.CCCC(O)CC(=O)C(C)CC. The molecule has 2 aliphatic rings. The Balaban J connectivity index is 0.000000473. The number of Topliss-reactive ketones (excluding diaryl/α,β-unsaturated/α-hetero) is 1. The summed E-state index contributed by atoms with van der Waals surface area (Å²) in [6, 6.07) is 0. The fourth-order valence-corrected chi connectivity index (χ4v) is 4.28. The highest BCUT2D eigenvalue weighted by Gasteiger charge is 2.30. The van der Waals surface area contributed by atoms with Crippen molar-refractivity contribution in [2.45, 2.75) is 112 Å². The Kier molecular flexibility index (Phi) is 16.3. The van der Waals surface area contributed by atoms with E-state index in [1.165, 1.54) is 25.7 Å². The van der Waals surface area contributed by atoms with Gasteiger partial charge in [0.15, 0.2) is 0 Å². The van der Waals surface area contributed by atoms with Crippen molar-refractivity contribution < 1.29 is 19.8 Å². The maximum Gasteiger partial charge on any atom is 0.306 e. The van der Waals surface area contributed by atoms with Gasteiger partial charge in [0.05, 0.1) is 12.0 Å². The van der Waals surface area contributed by atoms with Gasteiger partial charge >= 0.3 is 5.97 Å². The average Bonchev–Trinajstić information content (AvgIpc) is 2.78. The molecule has 0 heterocycles. The summed E-state index contributed by atoms with van der Waals surface area (Å²) in [4.78, 5) is 21.2. The average molecular weight is 451 g/mol. The van der Waals surface area contributed by atoms with Crippen LogP contribution in [0.4, 0.5) is 0 Å². The number of fused-ring (bicyclic) bond motifs is 1. The largest absolute Gasteiger partial charge is 0.481 e. The van der Waals surface area contributed by atoms with E-state index >= 15 is 0 Å². The summed E-state index contributed by atoms with van der Waals surface area (Å²) in [5.41, 5.74) is 1.64. The van der Waals surface area contributed by atoms with Crippen LogP contribution in [0, 0.1) is 29.6 Å². The van der Waals surface area contributed by atoms with Crippen LogP contribution < -0.4 is 0 Å². The standard InChI is InChI=1S/C13H20.C10H20O2.C5H10O2/c1-3-12-10(2)8-9-11-6-4-5-7-13(11)12;1-4-6-9(11)7-10(12)8(3)5-2;1-3-4(2)5(6)7/h6,8-10,12-13H,3-5,7H2,1-2H3;8-9,11H,4-7H2,1-3H3;4H,3H2,1-2H3,(H,6,7). The highest BCUT2D eigenvalue weighted by atomic mass is 16.4. The quantitative estimate of drug-likeness (QED) is 0.389. The van der Waals surface area contributed by atoms with Crippen LogP contribution in [0.3, 0.4) is 0 Å². The Bertz CT molecular complexity index is 592. The molecule has 0 bridgehead atoms. The van der Waals surface area contributed by atoms with Crippen LogP contribution in [-0.2, 0) is 9.59 Å². The third-order valence-corrected chi connectivity index (χ3v) is 7.04. The second-order valence-electron chi connectivity index (χ2n) is 9.60. The number of carbonyl (C=O) groups is 2. The minimum atomic E-state index is -0.706. The van der Waals surface area contributed by atoms with Gasteiger partial charge in [-0.15, -0.1) is 0 Å². The molecular weight excluding hydrogens is 400 g/mol. The zero-order valence-corrected chi connectivity index (χ0v) is 21.8. The van der Waals surface area contributed by atoms with E-state index in [1.54, 1.807) is 12.5 Å². The number of carboxylic acids is 1. The van der Waals surface area contributed by atoms with E-state index in [-0.39, 0.29) is 17.6 Å². The zero-order valence-electron chi connectivity index (χ0n) is 21.8. The van der Waals surface area contributed by atoms with Gasteiger partial charge in [-0.1, -0.05) is 79.5 Å². The van der Waals surface area contributed by atoms with Crippen LogP contribution in [0.5, 0.6) is 0 Å². The first kappa shape index (κ1) is 30.6. The molecule has 0 saturated carbocycles. The number of aliphatic hydroxyl groups is 1. The van der Waals surface area contributed by atoms with E-state index < -0.39 is 12.1 Å². The van der Waals surface area contributed by atoms with Gasteiger partial charge in [0.1, 0.15) is 5.78 Å². The van der Waals surface area contributed by atoms with Crippen LogP contribution in [0.25, 0.3) is 0 Å². The molecule has 0 amide bonds. The monoisotopic (exact) mass is 450 g/mol. The number of hydrogen-bond donors (Lipinski definition) is 2. The van der Waals surface area contributed by atoms with Crippen molar-refractivity contribution >= 4 is 11.8 Å². The summed E-state index contributed by atoms with van der Waals surface area (Å²) in [6.45, 7) is 14.2. The van der Waals surface area contributed by atoms with E-state index in [1.807, 2.05) is 27.7 Å². The molecule has 32 heavy (non-hydrogen) atoms. The summed E-state index contributed by atoms with van der Waals surface area (Å²) in [7, 11) is 0. The van der Waals surface area contributed by atoms with Gasteiger partial charge in [-0.3, -0.25) is 9.59 Å². The molecule has 0 aliphatic heterocycles. The zero-order chi connectivity index (χ0) is 24.7. The van der Waals surface area contributed by atoms with Crippen molar-refractivity contribution in [1.82, 2.24) is 0 Å². The molecule has 4 heteroatoms. The highest BCUT2D eigenvalue weighted by molar-refractivity contribution is 5.81. The van der Waals surface area contributed by atoms with E-state index in [4.69, 9.17) is 5.11 Å². The number of carbonyl (C=O) groups excluding carboxylic acids is 1. The minimum absolute atomic E-state index is 0.108. The van der Waals surface area contributed by atoms with E-state index in [0.717, 1.165) is 43.4 Å². The lowest BCUT2D eigenvalue weighted by molar-refractivity contribution is -0.141. The van der Waals surface area contributed by atoms with Crippen molar-refractivity contribution in [3.05, 3.63) is 23.8 Å². The third-order valence-electron chi connectivity index (χ3n) is 7.04. The normalized spacial score (nSPS) is 24.4. The number of aliphatic carboxylic acids is 1. The van der Waals surface area contributed by atoms with Crippen molar-refractivity contribution in [2.24, 2.45) is 29.6 Å². The first-order chi connectivity index (χ1) is 15.1. The van der Waals surface area contributed by atoms with Gasteiger partial charge in [0.2, 0.25) is 0 Å². The maximum absolute atomic E-state index is 11.3. The Morgan fingerprint density at radius 1 is 1.09 bits per heavy atom. The minimum Gasteiger partial charge on any atom is -0.481 e. The van der Waals surface area contributed by atoms with Crippen molar-refractivity contribution in [3.8, 4) is 0 Å². The first-order valence-electron chi connectivity index (χ1n) is 12.9. The Morgan fingerprint density at radius 3 is 2.19 bits per heavy atom. The number of aliphatic hydroxyl groups excluding tert-OH is 1. The molecule has 0 aromatic rings. The molecule has 0 saturated heterocycles. The second kappa shape index (κ2) is 17.1. The topological polar surface area (TPSA) is 74.6 Å². The predicted molar refractivity (Wildman–Crippen MR) is 135 cm³/mol. The first-order valence-corrected chi connectivity index (χ1v) is 12.9. The molecule has 186 valence electrons. The second-order valence-corrected chi connectivity index (χ2v) is 9.60. The molecule has 6 atom stereocenters. The highest BCUT2D eigenvalue weighted by Crippen LogP contribution is 2.41. The molecule has 4 nitrogen and oxygen atoms in total. The third kappa shape index (κ3) is 11.4. The molecule has 0 radical (unpaired) electrons. The summed E-state index contributed by atoms with van der Waals surface area (Å²) in [5, 5.41) is 17.5. The van der Waals surface area contributed by atoms with Crippen molar-refractivity contribution in [1.29, 1.82) is 0 Å². The number of ketones is 1. The van der Waals surface area contributed by atoms with Crippen molar-refractivity contribution in [3.63, 3.8) is 0 Å². The summed E-state index contributed by atoms with van der Waals surface area (Å²) in [5.74, 6) is 2.01. The maximum atomic E-state index is 11.3. The molecule has 2 N–H and O–H groups in total.